The maximum atomic E-state index is 12.7. The number of hydrogen-bond acceptors (Lipinski definition) is 6. The van der Waals surface area contributed by atoms with E-state index in [0.29, 0.717) is 17.1 Å². The third-order valence-electron chi connectivity index (χ3n) is 7.81. The average molecular weight is 633 g/mol. The number of ether oxygens (including phenoxy) is 3. The Morgan fingerprint density at radius 3 is 1.91 bits per heavy atom. The Labute approximate surface area is 273 Å². The van der Waals surface area contributed by atoms with Crippen molar-refractivity contribution in [1.29, 1.82) is 0 Å². The minimum atomic E-state index is -0.584. The van der Waals surface area contributed by atoms with Gasteiger partial charge in [-0.2, -0.15) is 0 Å². The van der Waals surface area contributed by atoms with Crippen molar-refractivity contribution < 1.29 is 24.1 Å². The molecule has 234 valence electrons. The summed E-state index contributed by atoms with van der Waals surface area (Å²) in [4.78, 5) is 13.9. The summed E-state index contributed by atoms with van der Waals surface area (Å²) < 4.78 is 19.0. The van der Waals surface area contributed by atoms with Crippen molar-refractivity contribution in [3.8, 4) is 11.5 Å². The van der Waals surface area contributed by atoms with Gasteiger partial charge in [-0.25, -0.2) is 4.79 Å². The van der Waals surface area contributed by atoms with Gasteiger partial charge in [0.2, 0.25) is 0 Å². The Bertz CT molecular complexity index is 1680. The number of nitrogens with one attached hydrogen (secondary N) is 2. The summed E-state index contributed by atoms with van der Waals surface area (Å²) in [6, 6.07) is 42.1. The molecule has 7 nitrogen and oxygen atoms in total. The van der Waals surface area contributed by atoms with Crippen LogP contribution in [0.3, 0.4) is 0 Å². The zero-order valence-corrected chi connectivity index (χ0v) is 26.2. The number of urea groups is 1. The molecule has 1 aliphatic heterocycles. The summed E-state index contributed by atoms with van der Waals surface area (Å²) >= 11 is 1.77. The molecular formula is C38H36N2O5S. The van der Waals surface area contributed by atoms with Gasteiger partial charge in [0, 0.05) is 33.5 Å². The molecule has 0 aliphatic carbocycles. The third-order valence-corrected chi connectivity index (χ3v) is 8.91. The molecule has 0 aromatic heterocycles. The molecule has 1 heterocycles. The highest BCUT2D eigenvalue weighted by Crippen LogP contribution is 2.43. The van der Waals surface area contributed by atoms with E-state index in [9.17, 15) is 9.90 Å². The van der Waals surface area contributed by atoms with Crippen molar-refractivity contribution in [2.45, 2.75) is 36.9 Å². The number of hydrogen-bond donors (Lipinski definition) is 3. The molecule has 0 radical (unpaired) electrons. The van der Waals surface area contributed by atoms with E-state index in [1.165, 1.54) is 4.90 Å². The Morgan fingerprint density at radius 1 is 0.717 bits per heavy atom. The monoisotopic (exact) mass is 632 g/mol. The average Bonchev–Trinajstić information content (AvgIpc) is 3.10. The molecule has 0 spiro atoms. The van der Waals surface area contributed by atoms with E-state index in [-0.39, 0.29) is 30.8 Å². The van der Waals surface area contributed by atoms with Gasteiger partial charge in [-0.15, -0.1) is 11.8 Å². The zero-order valence-electron chi connectivity index (χ0n) is 25.4. The van der Waals surface area contributed by atoms with E-state index in [1.54, 1.807) is 23.9 Å². The fraction of sp³-hybridized carbons (Fsp3) is 0.184. The number of benzene rings is 5. The van der Waals surface area contributed by atoms with Gasteiger partial charge in [0.1, 0.15) is 11.5 Å². The van der Waals surface area contributed by atoms with Crippen LogP contribution in [-0.4, -0.2) is 23.0 Å². The van der Waals surface area contributed by atoms with Gasteiger partial charge in [0.25, 0.3) is 0 Å². The molecule has 1 saturated heterocycles. The minimum Gasteiger partial charge on any atom is -0.457 e. The second-order valence-electron chi connectivity index (χ2n) is 11.1. The van der Waals surface area contributed by atoms with E-state index < -0.39 is 6.29 Å². The smallest absolute Gasteiger partial charge is 0.323 e. The molecule has 4 unspecified atom stereocenters. The Kier molecular flexibility index (Phi) is 10.3. The topological polar surface area (TPSA) is 89.1 Å². The van der Waals surface area contributed by atoms with Crippen molar-refractivity contribution in [1.82, 2.24) is 0 Å². The number of anilines is 2. The normalized spacial score (nSPS) is 19.3. The van der Waals surface area contributed by atoms with E-state index in [4.69, 9.17) is 14.2 Å². The van der Waals surface area contributed by atoms with Crippen LogP contribution in [0.5, 0.6) is 11.5 Å². The fourth-order valence-electron chi connectivity index (χ4n) is 5.25. The Hall–Kier alpha value is -4.60. The minimum absolute atomic E-state index is 0.00215. The number of amides is 2. The number of aliphatic hydroxyl groups excluding tert-OH is 1. The molecular weight excluding hydrogens is 596 g/mol. The number of para-hydroxylation sites is 1. The van der Waals surface area contributed by atoms with Crippen molar-refractivity contribution in [2.75, 3.05) is 16.4 Å². The predicted octanol–water partition coefficient (Wildman–Crippen LogP) is 9.20. The molecule has 4 atom stereocenters. The second kappa shape index (κ2) is 15.1. The Balaban J connectivity index is 1.10. The molecule has 1 fully saturated rings. The van der Waals surface area contributed by atoms with Crippen LogP contribution in [-0.2, 0) is 16.1 Å². The summed E-state index contributed by atoms with van der Waals surface area (Å²) in [5.74, 6) is 2.29. The molecule has 5 aromatic carbocycles. The molecule has 5 aromatic rings. The third kappa shape index (κ3) is 8.16. The van der Waals surface area contributed by atoms with E-state index >= 15 is 0 Å². The lowest BCUT2D eigenvalue weighted by Crippen LogP contribution is -2.38. The predicted molar refractivity (Wildman–Crippen MR) is 182 cm³/mol. The highest BCUT2D eigenvalue weighted by atomic mass is 32.2. The van der Waals surface area contributed by atoms with Gasteiger partial charge in [-0.1, -0.05) is 79.7 Å². The first-order chi connectivity index (χ1) is 22.5. The molecule has 0 saturated carbocycles. The highest BCUT2D eigenvalue weighted by molar-refractivity contribution is 7.99. The van der Waals surface area contributed by atoms with Gasteiger partial charge in [0.05, 0.1) is 18.8 Å². The van der Waals surface area contributed by atoms with E-state index in [1.807, 2.05) is 109 Å². The van der Waals surface area contributed by atoms with Crippen LogP contribution in [0.4, 0.5) is 16.2 Å². The summed E-state index contributed by atoms with van der Waals surface area (Å²) in [5.41, 5.74) is 4.05. The van der Waals surface area contributed by atoms with Crippen LogP contribution in [0, 0.1) is 5.92 Å². The fourth-order valence-corrected chi connectivity index (χ4v) is 6.34. The summed E-state index contributed by atoms with van der Waals surface area (Å²) in [6.07, 6.45) is -0.847. The standard InChI is InChI=1S/C38H36N2O5S/c1-26-35(25-46-34-10-6-3-7-11-34)44-37(45-36(26)28-14-12-27(24-41)13-15-28)29-16-18-30(19-17-29)39-38(42)40-31-20-22-33(23-21-31)43-32-8-4-2-5-9-32/h2-23,26,35-37,41H,24-25H2,1H3,(H2,39,40,42). The van der Waals surface area contributed by atoms with Crippen LogP contribution in [0.1, 0.15) is 36.0 Å². The molecule has 46 heavy (non-hydrogen) atoms. The van der Waals surface area contributed by atoms with Crippen molar-refractivity contribution in [2.24, 2.45) is 5.92 Å². The van der Waals surface area contributed by atoms with Crippen LogP contribution in [0.2, 0.25) is 0 Å². The first-order valence-electron chi connectivity index (χ1n) is 15.2. The summed E-state index contributed by atoms with van der Waals surface area (Å²) in [5, 5.41) is 15.3. The summed E-state index contributed by atoms with van der Waals surface area (Å²) in [7, 11) is 0. The summed E-state index contributed by atoms with van der Waals surface area (Å²) in [6.45, 7) is 2.16. The van der Waals surface area contributed by atoms with E-state index in [2.05, 4.69) is 29.7 Å². The first kappa shape index (κ1) is 31.4. The molecule has 2 amide bonds. The number of thioether (sulfide) groups is 1. The van der Waals surface area contributed by atoms with Crippen LogP contribution in [0.25, 0.3) is 0 Å². The zero-order chi connectivity index (χ0) is 31.7. The van der Waals surface area contributed by atoms with Crippen molar-refractivity contribution in [3.63, 3.8) is 0 Å². The molecule has 8 heteroatoms. The lowest BCUT2D eigenvalue weighted by Gasteiger charge is -2.41. The molecule has 3 N–H and O–H groups in total. The second-order valence-corrected chi connectivity index (χ2v) is 12.2. The maximum absolute atomic E-state index is 12.7. The lowest BCUT2D eigenvalue weighted by molar-refractivity contribution is -0.268. The molecule has 1 aliphatic rings. The van der Waals surface area contributed by atoms with Crippen LogP contribution in [0.15, 0.2) is 138 Å². The molecule has 6 rings (SSSR count). The van der Waals surface area contributed by atoms with Crippen LogP contribution < -0.4 is 15.4 Å². The van der Waals surface area contributed by atoms with Crippen molar-refractivity contribution >= 4 is 29.2 Å². The van der Waals surface area contributed by atoms with Gasteiger partial charge in [-0.05, 0) is 71.8 Å². The Morgan fingerprint density at radius 2 is 1.28 bits per heavy atom. The van der Waals surface area contributed by atoms with Crippen LogP contribution >= 0.6 is 11.8 Å². The van der Waals surface area contributed by atoms with E-state index in [0.717, 1.165) is 28.2 Å². The van der Waals surface area contributed by atoms with Gasteiger partial charge in [0.15, 0.2) is 6.29 Å². The van der Waals surface area contributed by atoms with Gasteiger partial charge >= 0.3 is 6.03 Å². The first-order valence-corrected chi connectivity index (χ1v) is 16.2. The maximum Gasteiger partial charge on any atom is 0.323 e. The van der Waals surface area contributed by atoms with Gasteiger partial charge < -0.3 is 30.0 Å². The number of carbonyl (C=O) groups excluding carboxylic acids is 1. The number of carbonyl (C=O) groups is 1. The molecule has 0 bridgehead atoms. The van der Waals surface area contributed by atoms with Crippen molar-refractivity contribution in [3.05, 3.63) is 150 Å². The van der Waals surface area contributed by atoms with Gasteiger partial charge in [-0.3, -0.25) is 0 Å². The largest absolute Gasteiger partial charge is 0.457 e. The quantitative estimate of drug-likeness (QED) is 0.133. The highest BCUT2D eigenvalue weighted by Gasteiger charge is 2.38. The number of aliphatic hydroxyl groups is 1. The number of rotatable bonds is 10. The lowest BCUT2D eigenvalue weighted by atomic mass is 9.91. The SMILES string of the molecule is CC1C(CSc2ccccc2)OC(c2ccc(NC(=O)Nc3ccc(Oc4ccccc4)cc3)cc2)OC1c1ccc(CO)cc1.